The van der Waals surface area contributed by atoms with Crippen LogP contribution in [-0.4, -0.2) is 34.1 Å². The van der Waals surface area contributed by atoms with E-state index in [1.165, 1.54) is 6.92 Å². The second kappa shape index (κ2) is 5.13. The molecule has 0 aliphatic heterocycles. The molecule has 13 heavy (non-hydrogen) atoms. The van der Waals surface area contributed by atoms with Crippen LogP contribution in [0.15, 0.2) is 0 Å². The highest BCUT2D eigenvalue weighted by molar-refractivity contribution is 5.82. The van der Waals surface area contributed by atoms with Gasteiger partial charge in [0.2, 0.25) is 5.91 Å². The van der Waals surface area contributed by atoms with E-state index in [1.807, 2.05) is 0 Å². The molecule has 0 spiro atoms. The van der Waals surface area contributed by atoms with Crippen molar-refractivity contribution in [1.82, 2.24) is 5.32 Å². The van der Waals surface area contributed by atoms with Crippen molar-refractivity contribution >= 4 is 17.8 Å². The average molecular weight is 189 g/mol. The molecular formula is C7H11NO5. The Balaban J connectivity index is 4.02. The summed E-state index contributed by atoms with van der Waals surface area (Å²) in [4.78, 5) is 31.0. The van der Waals surface area contributed by atoms with Gasteiger partial charge in [0.1, 0.15) is 6.04 Å². The third-order valence-corrected chi connectivity index (χ3v) is 1.32. The summed E-state index contributed by atoms with van der Waals surface area (Å²) in [6.45, 7) is 1.18. The van der Waals surface area contributed by atoms with Crippen molar-refractivity contribution in [2.75, 3.05) is 0 Å². The number of hydrogen-bond donors (Lipinski definition) is 3. The van der Waals surface area contributed by atoms with Crippen molar-refractivity contribution < 1.29 is 24.6 Å². The Kier molecular flexibility index (Phi) is 4.50. The van der Waals surface area contributed by atoms with Crippen LogP contribution in [0.5, 0.6) is 0 Å². The van der Waals surface area contributed by atoms with Crippen LogP contribution in [0.4, 0.5) is 0 Å². The predicted octanol–water partition coefficient (Wildman–Crippen LogP) is -0.559. The molecule has 0 rings (SSSR count). The molecule has 0 aliphatic carbocycles. The molecule has 0 fully saturated rings. The molecule has 0 aromatic rings. The summed E-state index contributed by atoms with van der Waals surface area (Å²) in [5, 5.41) is 18.9. The van der Waals surface area contributed by atoms with Crippen LogP contribution >= 0.6 is 0 Å². The molecule has 0 saturated carbocycles. The SMILES string of the molecule is CC(=O)N[C@H](CCC(=O)O)C(=O)O. The second-order valence-corrected chi connectivity index (χ2v) is 2.52. The van der Waals surface area contributed by atoms with E-state index in [4.69, 9.17) is 10.2 Å². The molecule has 6 nitrogen and oxygen atoms in total. The van der Waals surface area contributed by atoms with Gasteiger partial charge in [0.05, 0.1) is 0 Å². The van der Waals surface area contributed by atoms with E-state index >= 15 is 0 Å². The van der Waals surface area contributed by atoms with E-state index in [0.717, 1.165) is 0 Å². The second-order valence-electron chi connectivity index (χ2n) is 2.52. The van der Waals surface area contributed by atoms with Gasteiger partial charge >= 0.3 is 11.9 Å². The Bertz CT molecular complexity index is 225. The van der Waals surface area contributed by atoms with Crippen molar-refractivity contribution in [3.63, 3.8) is 0 Å². The monoisotopic (exact) mass is 189 g/mol. The fourth-order valence-electron chi connectivity index (χ4n) is 0.771. The first-order valence-electron chi connectivity index (χ1n) is 3.65. The lowest BCUT2D eigenvalue weighted by molar-refractivity contribution is -0.142. The van der Waals surface area contributed by atoms with E-state index in [9.17, 15) is 14.4 Å². The van der Waals surface area contributed by atoms with Crippen molar-refractivity contribution in [1.29, 1.82) is 0 Å². The fraction of sp³-hybridized carbons (Fsp3) is 0.571. The van der Waals surface area contributed by atoms with Gasteiger partial charge < -0.3 is 15.5 Å². The van der Waals surface area contributed by atoms with Gasteiger partial charge in [0.15, 0.2) is 0 Å². The fourth-order valence-corrected chi connectivity index (χ4v) is 0.771. The van der Waals surface area contributed by atoms with Crippen LogP contribution in [0.1, 0.15) is 19.8 Å². The van der Waals surface area contributed by atoms with Crippen molar-refractivity contribution in [3.05, 3.63) is 0 Å². The third kappa shape index (κ3) is 5.66. The molecule has 0 aromatic carbocycles. The Morgan fingerprint density at radius 1 is 1.31 bits per heavy atom. The minimum absolute atomic E-state index is 0.107. The van der Waals surface area contributed by atoms with Gasteiger partial charge in [-0.1, -0.05) is 0 Å². The highest BCUT2D eigenvalue weighted by Gasteiger charge is 2.18. The van der Waals surface area contributed by atoms with Crippen LogP contribution in [-0.2, 0) is 14.4 Å². The molecule has 0 heterocycles. The van der Waals surface area contributed by atoms with Gasteiger partial charge in [-0.15, -0.1) is 0 Å². The van der Waals surface area contributed by atoms with Crippen molar-refractivity contribution in [2.24, 2.45) is 0 Å². The maximum Gasteiger partial charge on any atom is 0.326 e. The largest absolute Gasteiger partial charge is 0.481 e. The third-order valence-electron chi connectivity index (χ3n) is 1.32. The average Bonchev–Trinajstić information content (AvgIpc) is 1.96. The molecule has 0 unspecified atom stereocenters. The van der Waals surface area contributed by atoms with Crippen LogP contribution in [0.3, 0.4) is 0 Å². The number of carboxylic acids is 2. The molecular weight excluding hydrogens is 178 g/mol. The zero-order valence-electron chi connectivity index (χ0n) is 7.11. The number of amides is 1. The Morgan fingerprint density at radius 2 is 1.85 bits per heavy atom. The summed E-state index contributed by atoms with van der Waals surface area (Å²) in [6.07, 6.45) is -0.387. The molecule has 0 aliphatic rings. The lowest BCUT2D eigenvalue weighted by atomic mass is 10.1. The van der Waals surface area contributed by atoms with Crippen LogP contribution in [0.2, 0.25) is 0 Å². The van der Waals surface area contributed by atoms with Crippen LogP contribution < -0.4 is 5.32 Å². The van der Waals surface area contributed by atoms with Gasteiger partial charge in [-0.05, 0) is 6.42 Å². The van der Waals surface area contributed by atoms with Gasteiger partial charge in [-0.2, -0.15) is 0 Å². The topological polar surface area (TPSA) is 104 Å². The maximum atomic E-state index is 10.5. The summed E-state index contributed by atoms with van der Waals surface area (Å²) in [5.74, 6) is -2.80. The smallest absolute Gasteiger partial charge is 0.326 e. The van der Waals surface area contributed by atoms with E-state index in [-0.39, 0.29) is 12.8 Å². The van der Waals surface area contributed by atoms with E-state index in [2.05, 4.69) is 5.32 Å². The first-order valence-corrected chi connectivity index (χ1v) is 3.65. The molecule has 74 valence electrons. The number of hydrogen-bond acceptors (Lipinski definition) is 3. The maximum absolute atomic E-state index is 10.5. The van der Waals surface area contributed by atoms with Crippen molar-refractivity contribution in [3.8, 4) is 0 Å². The summed E-state index contributed by atoms with van der Waals surface area (Å²) >= 11 is 0. The highest BCUT2D eigenvalue weighted by atomic mass is 16.4. The zero-order chi connectivity index (χ0) is 10.4. The molecule has 0 radical (unpaired) electrons. The predicted molar refractivity (Wildman–Crippen MR) is 42.1 cm³/mol. The van der Waals surface area contributed by atoms with Crippen molar-refractivity contribution in [2.45, 2.75) is 25.8 Å². The number of carbonyl (C=O) groups excluding carboxylic acids is 1. The first kappa shape index (κ1) is 11.4. The zero-order valence-corrected chi connectivity index (χ0v) is 7.11. The molecule has 1 amide bonds. The number of nitrogens with one attached hydrogen (secondary N) is 1. The van der Waals surface area contributed by atoms with E-state index < -0.39 is 23.9 Å². The summed E-state index contributed by atoms with van der Waals surface area (Å²) in [7, 11) is 0. The van der Waals surface area contributed by atoms with Gasteiger partial charge in [-0.25, -0.2) is 4.79 Å². The Morgan fingerprint density at radius 3 is 2.15 bits per heavy atom. The minimum Gasteiger partial charge on any atom is -0.481 e. The minimum atomic E-state index is -1.23. The first-order chi connectivity index (χ1) is 5.93. The lowest BCUT2D eigenvalue weighted by Gasteiger charge is -2.10. The number of aliphatic carboxylic acids is 2. The van der Waals surface area contributed by atoms with Gasteiger partial charge in [0, 0.05) is 13.3 Å². The summed E-state index contributed by atoms with van der Waals surface area (Å²) < 4.78 is 0. The van der Waals surface area contributed by atoms with Gasteiger partial charge in [-0.3, -0.25) is 9.59 Å². The lowest BCUT2D eigenvalue weighted by Crippen LogP contribution is -2.39. The molecule has 0 aromatic heterocycles. The molecule has 6 heteroatoms. The molecule has 0 saturated heterocycles. The Hall–Kier alpha value is -1.59. The number of carbonyl (C=O) groups is 3. The summed E-state index contributed by atoms with van der Waals surface area (Å²) in [6, 6.07) is -1.12. The van der Waals surface area contributed by atoms with Crippen LogP contribution in [0, 0.1) is 0 Å². The molecule has 0 bridgehead atoms. The molecule has 1 atom stereocenters. The number of carboxylic acid groups (broad SMARTS) is 2. The number of rotatable bonds is 5. The van der Waals surface area contributed by atoms with E-state index in [1.54, 1.807) is 0 Å². The normalized spacial score (nSPS) is 11.8. The van der Waals surface area contributed by atoms with E-state index in [0.29, 0.717) is 0 Å². The quantitative estimate of drug-likeness (QED) is 0.537. The summed E-state index contributed by atoms with van der Waals surface area (Å²) in [5.41, 5.74) is 0. The molecule has 3 N–H and O–H groups in total. The van der Waals surface area contributed by atoms with Crippen LogP contribution in [0.25, 0.3) is 0 Å². The standard InChI is InChI=1S/C7H11NO5/c1-4(9)8-5(7(12)13)2-3-6(10)11/h5H,2-3H2,1H3,(H,8,9)(H,10,11)(H,12,13)/t5-/m1/s1. The van der Waals surface area contributed by atoms with Gasteiger partial charge in [0.25, 0.3) is 0 Å². The highest BCUT2D eigenvalue weighted by Crippen LogP contribution is 1.97. The Labute approximate surface area is 74.6 Å².